The summed E-state index contributed by atoms with van der Waals surface area (Å²) in [7, 11) is 3.67. The van der Waals surface area contributed by atoms with Crippen LogP contribution in [0.15, 0.2) is 30.3 Å². The van der Waals surface area contributed by atoms with Gasteiger partial charge >= 0.3 is 0 Å². The normalized spacial score (nSPS) is 11.2. The van der Waals surface area contributed by atoms with Gasteiger partial charge in [-0.05, 0) is 30.8 Å². The topological polar surface area (TPSA) is 67.6 Å². The zero-order chi connectivity index (χ0) is 14.8. The summed E-state index contributed by atoms with van der Waals surface area (Å²) in [5, 5.41) is 2.84. The van der Waals surface area contributed by atoms with Gasteiger partial charge in [0.15, 0.2) is 0 Å². The average molecular weight is 277 g/mol. The van der Waals surface area contributed by atoms with Crippen molar-refractivity contribution in [1.82, 2.24) is 10.2 Å². The Kier molecular flexibility index (Phi) is 7.39. The molecule has 0 bridgehead atoms. The molecule has 5 nitrogen and oxygen atoms in total. The van der Waals surface area contributed by atoms with Crippen molar-refractivity contribution in [1.29, 1.82) is 0 Å². The molecule has 0 aliphatic heterocycles. The SMILES string of the molecule is COCCN(C)CCNC(=O)/C=C/c1cccc(N)c1. The molecule has 0 aliphatic carbocycles. The molecule has 0 heterocycles. The van der Waals surface area contributed by atoms with Gasteiger partial charge in [-0.2, -0.15) is 0 Å². The van der Waals surface area contributed by atoms with E-state index >= 15 is 0 Å². The van der Waals surface area contributed by atoms with E-state index in [1.165, 1.54) is 6.08 Å². The summed E-state index contributed by atoms with van der Waals surface area (Å²) in [4.78, 5) is 13.7. The number of amides is 1. The molecule has 0 radical (unpaired) electrons. The molecule has 3 N–H and O–H groups in total. The maximum atomic E-state index is 11.6. The monoisotopic (exact) mass is 277 g/mol. The highest BCUT2D eigenvalue weighted by molar-refractivity contribution is 5.91. The molecule has 1 amide bonds. The van der Waals surface area contributed by atoms with Gasteiger partial charge in [-0.1, -0.05) is 12.1 Å². The third kappa shape index (κ3) is 6.92. The standard InChI is InChI=1S/C15H23N3O2/c1-18(10-11-20-2)9-8-17-15(19)7-6-13-4-3-5-14(16)12-13/h3-7,12H,8-11,16H2,1-2H3,(H,17,19)/b7-6+. The molecule has 0 aromatic heterocycles. The van der Waals surface area contributed by atoms with Gasteiger partial charge in [0.2, 0.25) is 5.91 Å². The third-order valence-corrected chi connectivity index (χ3v) is 2.81. The van der Waals surface area contributed by atoms with Gasteiger partial charge in [-0.25, -0.2) is 0 Å². The van der Waals surface area contributed by atoms with Crippen molar-refractivity contribution in [3.05, 3.63) is 35.9 Å². The number of benzene rings is 1. The first-order valence-corrected chi connectivity index (χ1v) is 6.60. The first kappa shape index (κ1) is 16.2. The summed E-state index contributed by atoms with van der Waals surface area (Å²) >= 11 is 0. The summed E-state index contributed by atoms with van der Waals surface area (Å²) in [6.45, 7) is 2.95. The molecule has 5 heteroatoms. The number of anilines is 1. The lowest BCUT2D eigenvalue weighted by atomic mass is 10.2. The van der Waals surface area contributed by atoms with Gasteiger partial charge in [0.1, 0.15) is 0 Å². The fraction of sp³-hybridized carbons (Fsp3) is 0.400. The van der Waals surface area contributed by atoms with E-state index in [4.69, 9.17) is 10.5 Å². The van der Waals surface area contributed by atoms with Crippen LogP contribution in [-0.2, 0) is 9.53 Å². The Bertz CT molecular complexity index is 446. The number of nitrogens with one attached hydrogen (secondary N) is 1. The molecule has 0 atom stereocenters. The Morgan fingerprint density at radius 2 is 2.25 bits per heavy atom. The molecule has 0 aliphatic rings. The molecule has 1 aromatic carbocycles. The Labute approximate surface area is 120 Å². The largest absolute Gasteiger partial charge is 0.399 e. The van der Waals surface area contributed by atoms with Crippen LogP contribution in [-0.4, -0.2) is 51.2 Å². The zero-order valence-electron chi connectivity index (χ0n) is 12.1. The number of hydrogen-bond donors (Lipinski definition) is 2. The molecule has 1 rings (SSSR count). The van der Waals surface area contributed by atoms with Crippen molar-refractivity contribution in [2.45, 2.75) is 0 Å². The molecule has 0 saturated heterocycles. The van der Waals surface area contributed by atoms with Gasteiger partial charge in [0.05, 0.1) is 6.61 Å². The van der Waals surface area contributed by atoms with E-state index in [1.807, 2.05) is 31.3 Å². The van der Waals surface area contributed by atoms with Crippen LogP contribution in [0.4, 0.5) is 5.69 Å². The molecule has 20 heavy (non-hydrogen) atoms. The van der Waals surface area contributed by atoms with Crippen molar-refractivity contribution < 1.29 is 9.53 Å². The number of nitrogens with two attached hydrogens (primary N) is 1. The quantitative estimate of drug-likeness (QED) is 0.549. The molecule has 1 aromatic rings. The maximum absolute atomic E-state index is 11.6. The van der Waals surface area contributed by atoms with Gasteiger partial charge in [0.25, 0.3) is 0 Å². The van der Waals surface area contributed by atoms with Crippen molar-refractivity contribution in [2.24, 2.45) is 0 Å². The highest BCUT2D eigenvalue weighted by Gasteiger charge is 1.99. The highest BCUT2D eigenvalue weighted by Crippen LogP contribution is 2.07. The summed E-state index contributed by atoms with van der Waals surface area (Å²) < 4.78 is 4.99. The Morgan fingerprint density at radius 3 is 2.95 bits per heavy atom. The second-order valence-corrected chi connectivity index (χ2v) is 4.59. The van der Waals surface area contributed by atoms with Crippen molar-refractivity contribution >= 4 is 17.7 Å². The molecule has 110 valence electrons. The number of hydrogen-bond acceptors (Lipinski definition) is 4. The second-order valence-electron chi connectivity index (χ2n) is 4.59. The van der Waals surface area contributed by atoms with E-state index in [0.717, 1.165) is 18.7 Å². The summed E-state index contributed by atoms with van der Waals surface area (Å²) in [6, 6.07) is 7.39. The van der Waals surface area contributed by atoms with E-state index < -0.39 is 0 Å². The molecular formula is C15H23N3O2. The van der Waals surface area contributed by atoms with Gasteiger partial charge < -0.3 is 20.7 Å². The molecular weight excluding hydrogens is 254 g/mol. The van der Waals surface area contributed by atoms with Crippen molar-refractivity contribution in [3.8, 4) is 0 Å². The Hall–Kier alpha value is -1.85. The number of carbonyl (C=O) groups excluding carboxylic acids is 1. The number of likely N-dealkylation sites (N-methyl/N-ethyl adjacent to an activating group) is 1. The highest BCUT2D eigenvalue weighted by atomic mass is 16.5. The lowest BCUT2D eigenvalue weighted by Gasteiger charge is -2.15. The van der Waals surface area contributed by atoms with E-state index in [1.54, 1.807) is 13.2 Å². The minimum Gasteiger partial charge on any atom is -0.399 e. The molecule has 0 fully saturated rings. The number of rotatable bonds is 8. The average Bonchev–Trinajstić information content (AvgIpc) is 2.43. The van der Waals surface area contributed by atoms with Crippen LogP contribution in [0.1, 0.15) is 5.56 Å². The predicted molar refractivity (Wildman–Crippen MR) is 82.3 cm³/mol. The minimum absolute atomic E-state index is 0.104. The lowest BCUT2D eigenvalue weighted by Crippen LogP contribution is -2.33. The number of carbonyl (C=O) groups is 1. The van der Waals surface area contributed by atoms with Gasteiger partial charge in [-0.3, -0.25) is 4.79 Å². The van der Waals surface area contributed by atoms with Gasteiger partial charge in [0, 0.05) is 38.5 Å². The lowest BCUT2D eigenvalue weighted by molar-refractivity contribution is -0.116. The molecule has 0 saturated carbocycles. The van der Waals surface area contributed by atoms with Crippen LogP contribution in [0, 0.1) is 0 Å². The predicted octanol–water partition coefficient (Wildman–Crippen LogP) is 0.976. The first-order chi connectivity index (χ1) is 9.61. The fourth-order valence-electron chi connectivity index (χ4n) is 1.62. The minimum atomic E-state index is -0.104. The van der Waals surface area contributed by atoms with Crippen LogP contribution >= 0.6 is 0 Å². The van der Waals surface area contributed by atoms with Crippen LogP contribution in [0.2, 0.25) is 0 Å². The maximum Gasteiger partial charge on any atom is 0.244 e. The Balaban J connectivity index is 2.26. The first-order valence-electron chi connectivity index (χ1n) is 6.60. The van der Waals surface area contributed by atoms with E-state index in [0.29, 0.717) is 18.8 Å². The third-order valence-electron chi connectivity index (χ3n) is 2.81. The number of methoxy groups -OCH3 is 1. The van der Waals surface area contributed by atoms with Gasteiger partial charge in [-0.15, -0.1) is 0 Å². The summed E-state index contributed by atoms with van der Waals surface area (Å²) in [5.74, 6) is -0.104. The fourth-order valence-corrected chi connectivity index (χ4v) is 1.62. The smallest absolute Gasteiger partial charge is 0.244 e. The molecule has 0 unspecified atom stereocenters. The number of nitrogen functional groups attached to an aromatic ring is 1. The summed E-state index contributed by atoms with van der Waals surface area (Å²) in [5.41, 5.74) is 7.27. The molecule has 0 spiro atoms. The second kappa shape index (κ2) is 9.12. The van der Waals surface area contributed by atoms with Crippen LogP contribution in [0.5, 0.6) is 0 Å². The number of ether oxygens (including phenoxy) is 1. The van der Waals surface area contributed by atoms with E-state index in [-0.39, 0.29) is 5.91 Å². The number of nitrogens with zero attached hydrogens (tertiary/aromatic N) is 1. The van der Waals surface area contributed by atoms with Crippen molar-refractivity contribution in [2.75, 3.05) is 46.1 Å². The van der Waals surface area contributed by atoms with Crippen LogP contribution in [0.25, 0.3) is 6.08 Å². The van der Waals surface area contributed by atoms with E-state index in [2.05, 4.69) is 10.2 Å². The van der Waals surface area contributed by atoms with E-state index in [9.17, 15) is 4.79 Å². The van der Waals surface area contributed by atoms with Crippen molar-refractivity contribution in [3.63, 3.8) is 0 Å². The van der Waals surface area contributed by atoms with Crippen LogP contribution in [0.3, 0.4) is 0 Å². The zero-order valence-corrected chi connectivity index (χ0v) is 12.1. The summed E-state index contributed by atoms with van der Waals surface area (Å²) in [6.07, 6.45) is 3.27. The Morgan fingerprint density at radius 1 is 1.45 bits per heavy atom. The van der Waals surface area contributed by atoms with Crippen LogP contribution < -0.4 is 11.1 Å².